The highest BCUT2D eigenvalue weighted by Gasteiger charge is 2.51. The Kier molecular flexibility index (Phi) is 6.57. The normalized spacial score (nSPS) is 46.2. The minimum absolute atomic E-state index is 0.105. The molecule has 3 aliphatic rings. The summed E-state index contributed by atoms with van der Waals surface area (Å²) in [6.45, 7) is 1.08. The molecule has 3 rings (SSSR count). The number of rotatable bonds is 4. The summed E-state index contributed by atoms with van der Waals surface area (Å²) in [5.41, 5.74) is 0.218. The second-order valence-electron chi connectivity index (χ2n) is 7.12. The van der Waals surface area contributed by atoms with Gasteiger partial charge in [0.1, 0.15) is 24.4 Å². The highest BCUT2D eigenvalue weighted by Crippen LogP contribution is 2.42. The van der Waals surface area contributed by atoms with Gasteiger partial charge in [-0.1, -0.05) is 0 Å². The van der Waals surface area contributed by atoms with Crippen molar-refractivity contribution in [1.82, 2.24) is 0 Å². The molecule has 0 amide bonds. The fraction of sp³-hybridized carbons (Fsp3) is 0.824. The van der Waals surface area contributed by atoms with Gasteiger partial charge in [-0.25, -0.2) is 4.79 Å². The van der Waals surface area contributed by atoms with E-state index in [1.54, 1.807) is 6.92 Å². The number of hydrogen-bond donors (Lipinski definition) is 5. The van der Waals surface area contributed by atoms with Crippen LogP contribution in [-0.2, 0) is 28.5 Å². The molecule has 0 bridgehead atoms. The van der Waals surface area contributed by atoms with E-state index in [-0.39, 0.29) is 12.0 Å². The molecule has 2 fully saturated rings. The Morgan fingerprint density at radius 2 is 1.86 bits per heavy atom. The van der Waals surface area contributed by atoms with Crippen molar-refractivity contribution in [2.45, 2.75) is 62.7 Å². The second kappa shape index (κ2) is 8.59. The predicted octanol–water partition coefficient (Wildman–Crippen LogP) is -2.42. The van der Waals surface area contributed by atoms with E-state index >= 15 is 0 Å². The topological polar surface area (TPSA) is 164 Å². The van der Waals surface area contributed by atoms with Gasteiger partial charge in [-0.3, -0.25) is 0 Å². The quantitative estimate of drug-likeness (QED) is 0.315. The lowest BCUT2D eigenvalue weighted by atomic mass is 9.77. The molecule has 0 radical (unpaired) electrons. The van der Waals surface area contributed by atoms with Crippen molar-refractivity contribution < 1.29 is 54.0 Å². The average molecular weight is 406 g/mol. The minimum Gasteiger partial charge on any atom is -0.471 e. The first-order valence-electron chi connectivity index (χ1n) is 9.01. The van der Waals surface area contributed by atoms with Crippen molar-refractivity contribution in [2.24, 2.45) is 11.8 Å². The lowest BCUT2D eigenvalue weighted by molar-refractivity contribution is -0.352. The SMILES string of the molecule is COC(=O)C1=CO[C@H](O[C@@H]2O[C@H](CO)[C@@H](O)[C@H](O)[C@H]2O)[C@@H]2[C@H](C)O[C@H](O)C[C@@H]12. The maximum absolute atomic E-state index is 12.1. The molecule has 0 aromatic carbocycles. The standard InChI is InChI=1S/C17H26O11/c1-6-11-7(3-10(19)26-6)8(15(23)24-2)5-25-16(11)28-17-14(22)13(21)12(20)9(4-18)27-17/h5-7,9-14,16-22H,3-4H2,1-2H3/t6-,7-,9+,10-,11+,12+,13-,14+,16+,17-/m0/s1. The number of aliphatic hydroxyl groups is 5. The molecule has 2 saturated heterocycles. The molecule has 0 unspecified atom stereocenters. The van der Waals surface area contributed by atoms with Crippen LogP contribution in [0.5, 0.6) is 0 Å². The Morgan fingerprint density at radius 1 is 1.14 bits per heavy atom. The average Bonchev–Trinajstić information content (AvgIpc) is 2.67. The Bertz CT molecular complexity index is 594. The summed E-state index contributed by atoms with van der Waals surface area (Å²) in [6, 6.07) is 0. The first-order valence-corrected chi connectivity index (χ1v) is 9.01. The fourth-order valence-electron chi connectivity index (χ4n) is 3.91. The summed E-state index contributed by atoms with van der Waals surface area (Å²) in [7, 11) is 1.23. The molecule has 0 aliphatic carbocycles. The van der Waals surface area contributed by atoms with Gasteiger partial charge in [0.05, 0.1) is 37.6 Å². The molecule has 3 aliphatic heterocycles. The smallest absolute Gasteiger partial charge is 0.337 e. The van der Waals surface area contributed by atoms with E-state index in [0.29, 0.717) is 0 Å². The van der Waals surface area contributed by atoms with Gasteiger partial charge in [0.15, 0.2) is 12.6 Å². The number of aliphatic hydroxyl groups excluding tert-OH is 5. The molecule has 0 aromatic rings. The molecule has 0 spiro atoms. The summed E-state index contributed by atoms with van der Waals surface area (Å²) in [5, 5.41) is 49.2. The molecule has 0 aromatic heterocycles. The zero-order valence-corrected chi connectivity index (χ0v) is 15.5. The van der Waals surface area contributed by atoms with Gasteiger partial charge in [-0.05, 0) is 6.92 Å². The molecule has 10 atom stereocenters. The van der Waals surface area contributed by atoms with Gasteiger partial charge in [-0.15, -0.1) is 0 Å². The summed E-state index contributed by atoms with van der Waals surface area (Å²) in [5.74, 6) is -1.67. The predicted molar refractivity (Wildman–Crippen MR) is 88.0 cm³/mol. The van der Waals surface area contributed by atoms with Gasteiger partial charge >= 0.3 is 5.97 Å². The second-order valence-corrected chi connectivity index (χ2v) is 7.12. The van der Waals surface area contributed by atoms with Crippen LogP contribution in [0.1, 0.15) is 13.3 Å². The summed E-state index contributed by atoms with van der Waals surface area (Å²) < 4.78 is 26.8. The molecule has 5 N–H and O–H groups in total. The van der Waals surface area contributed by atoms with Gasteiger partial charge in [0.2, 0.25) is 6.29 Å². The van der Waals surface area contributed by atoms with Gasteiger partial charge < -0.3 is 49.2 Å². The maximum Gasteiger partial charge on any atom is 0.337 e. The third kappa shape index (κ3) is 3.89. The Morgan fingerprint density at radius 3 is 2.50 bits per heavy atom. The number of carbonyl (C=O) groups is 1. The van der Waals surface area contributed by atoms with Crippen molar-refractivity contribution in [3.8, 4) is 0 Å². The third-order valence-corrected chi connectivity index (χ3v) is 5.41. The van der Waals surface area contributed by atoms with Gasteiger partial charge in [0, 0.05) is 12.3 Å². The zero-order valence-electron chi connectivity index (χ0n) is 15.5. The number of ether oxygens (including phenoxy) is 5. The van der Waals surface area contributed by atoms with Crippen LogP contribution in [0.3, 0.4) is 0 Å². The number of carbonyl (C=O) groups excluding carboxylic acids is 1. The number of hydrogen-bond acceptors (Lipinski definition) is 11. The van der Waals surface area contributed by atoms with E-state index in [2.05, 4.69) is 0 Å². The van der Waals surface area contributed by atoms with Crippen LogP contribution in [0.15, 0.2) is 11.8 Å². The fourth-order valence-corrected chi connectivity index (χ4v) is 3.91. The van der Waals surface area contributed by atoms with E-state index < -0.39 is 73.8 Å². The summed E-state index contributed by atoms with van der Waals surface area (Å²) in [4.78, 5) is 12.1. The number of esters is 1. The molecule has 160 valence electrons. The van der Waals surface area contributed by atoms with Crippen LogP contribution >= 0.6 is 0 Å². The zero-order chi connectivity index (χ0) is 20.6. The Balaban J connectivity index is 1.81. The first kappa shape index (κ1) is 21.4. The number of methoxy groups -OCH3 is 1. The van der Waals surface area contributed by atoms with Crippen molar-refractivity contribution in [3.05, 3.63) is 11.8 Å². The first-order chi connectivity index (χ1) is 13.3. The van der Waals surface area contributed by atoms with Gasteiger partial charge in [0.25, 0.3) is 0 Å². The summed E-state index contributed by atoms with van der Waals surface area (Å²) >= 11 is 0. The van der Waals surface area contributed by atoms with Crippen LogP contribution < -0.4 is 0 Å². The molecular weight excluding hydrogens is 380 g/mol. The minimum atomic E-state index is -1.60. The summed E-state index contributed by atoms with van der Waals surface area (Å²) in [6.07, 6.45) is -8.71. The van der Waals surface area contributed by atoms with Crippen molar-refractivity contribution in [2.75, 3.05) is 13.7 Å². The van der Waals surface area contributed by atoms with Gasteiger partial charge in [-0.2, -0.15) is 0 Å². The molecule has 0 saturated carbocycles. The Labute approximate surface area is 161 Å². The molecule has 3 heterocycles. The van der Waals surface area contributed by atoms with Crippen LogP contribution in [0, 0.1) is 11.8 Å². The third-order valence-electron chi connectivity index (χ3n) is 5.41. The monoisotopic (exact) mass is 406 g/mol. The lowest BCUT2D eigenvalue weighted by Crippen LogP contribution is -2.61. The lowest BCUT2D eigenvalue weighted by Gasteiger charge is -2.47. The van der Waals surface area contributed by atoms with Crippen LogP contribution in [0.4, 0.5) is 0 Å². The molecule has 11 nitrogen and oxygen atoms in total. The van der Waals surface area contributed by atoms with E-state index in [1.807, 2.05) is 0 Å². The molecular formula is C17H26O11. The Hall–Kier alpha value is -1.31. The van der Waals surface area contributed by atoms with E-state index in [4.69, 9.17) is 23.7 Å². The van der Waals surface area contributed by atoms with Crippen LogP contribution in [0.25, 0.3) is 0 Å². The number of fused-ring (bicyclic) bond motifs is 1. The maximum atomic E-state index is 12.1. The molecule has 28 heavy (non-hydrogen) atoms. The van der Waals surface area contributed by atoms with Crippen LogP contribution in [-0.4, -0.2) is 94.6 Å². The molecule has 11 heteroatoms. The van der Waals surface area contributed by atoms with Crippen molar-refractivity contribution >= 4 is 5.97 Å². The highest BCUT2D eigenvalue weighted by atomic mass is 16.8. The van der Waals surface area contributed by atoms with Crippen LogP contribution in [0.2, 0.25) is 0 Å². The largest absolute Gasteiger partial charge is 0.471 e. The van der Waals surface area contributed by atoms with E-state index in [1.165, 1.54) is 13.4 Å². The van der Waals surface area contributed by atoms with E-state index in [9.17, 15) is 30.3 Å². The van der Waals surface area contributed by atoms with Crippen molar-refractivity contribution in [3.63, 3.8) is 0 Å². The van der Waals surface area contributed by atoms with E-state index in [0.717, 1.165) is 0 Å². The van der Waals surface area contributed by atoms with Crippen molar-refractivity contribution in [1.29, 1.82) is 0 Å². The highest BCUT2D eigenvalue weighted by molar-refractivity contribution is 5.88.